The van der Waals surface area contributed by atoms with E-state index in [1.165, 1.54) is 0 Å². The highest BCUT2D eigenvalue weighted by Crippen LogP contribution is 2.26. The van der Waals surface area contributed by atoms with Gasteiger partial charge in [-0.3, -0.25) is 9.59 Å². The summed E-state index contributed by atoms with van der Waals surface area (Å²) in [7, 11) is 3.17. The van der Waals surface area contributed by atoms with E-state index in [0.29, 0.717) is 24.7 Å². The van der Waals surface area contributed by atoms with E-state index in [-0.39, 0.29) is 17.7 Å². The zero-order chi connectivity index (χ0) is 17.1. The second-order valence-corrected chi connectivity index (χ2v) is 5.94. The third-order valence-electron chi connectivity index (χ3n) is 4.44. The number of hydrogen-bond donors (Lipinski definition) is 1. The standard InChI is InChI=1S/C18H21N3O3/c1-19-16(22)13-7-5-9-21(11-13)18(23)15-10-12-6-3-4-8-14(12)17(20-15)24-2/h3-4,6,8,10,13H,5,7,9,11H2,1-2H3,(H,19,22). The van der Waals surface area contributed by atoms with Crippen LogP contribution in [0.1, 0.15) is 23.3 Å². The molecule has 0 aliphatic carbocycles. The third-order valence-corrected chi connectivity index (χ3v) is 4.44. The maximum Gasteiger partial charge on any atom is 0.272 e. The number of pyridine rings is 1. The fourth-order valence-corrected chi connectivity index (χ4v) is 3.17. The van der Waals surface area contributed by atoms with Crippen LogP contribution in [0.3, 0.4) is 0 Å². The monoisotopic (exact) mass is 327 g/mol. The second-order valence-electron chi connectivity index (χ2n) is 5.94. The lowest BCUT2D eigenvalue weighted by molar-refractivity contribution is -0.125. The van der Waals surface area contributed by atoms with Gasteiger partial charge in [0.2, 0.25) is 11.8 Å². The molecule has 1 saturated heterocycles. The first-order valence-electron chi connectivity index (χ1n) is 8.08. The SMILES string of the molecule is CNC(=O)C1CCCN(C(=O)c2cc3ccccc3c(OC)n2)C1. The van der Waals surface area contributed by atoms with Crippen LogP contribution in [0.4, 0.5) is 0 Å². The van der Waals surface area contributed by atoms with E-state index in [1.807, 2.05) is 24.3 Å². The van der Waals surface area contributed by atoms with Crippen LogP contribution in [0.5, 0.6) is 5.88 Å². The van der Waals surface area contributed by atoms with Gasteiger partial charge in [-0.05, 0) is 30.4 Å². The second kappa shape index (κ2) is 6.86. The fourth-order valence-electron chi connectivity index (χ4n) is 3.17. The molecule has 1 unspecified atom stereocenters. The molecule has 24 heavy (non-hydrogen) atoms. The molecule has 3 rings (SSSR count). The van der Waals surface area contributed by atoms with Crippen LogP contribution in [0, 0.1) is 5.92 Å². The molecule has 1 aromatic carbocycles. The molecule has 1 N–H and O–H groups in total. The summed E-state index contributed by atoms with van der Waals surface area (Å²) < 4.78 is 5.34. The summed E-state index contributed by atoms with van der Waals surface area (Å²) in [6, 6.07) is 9.45. The number of fused-ring (bicyclic) bond motifs is 1. The normalized spacial score (nSPS) is 17.6. The summed E-state index contributed by atoms with van der Waals surface area (Å²) in [5, 5.41) is 4.45. The molecule has 0 saturated carbocycles. The Morgan fingerprint density at radius 1 is 1.33 bits per heavy atom. The topological polar surface area (TPSA) is 71.5 Å². The van der Waals surface area contributed by atoms with E-state index in [2.05, 4.69) is 10.3 Å². The lowest BCUT2D eigenvalue weighted by atomic mass is 9.97. The molecule has 2 aromatic rings. The lowest BCUT2D eigenvalue weighted by Gasteiger charge is -2.31. The molecule has 126 valence electrons. The molecule has 2 amide bonds. The average molecular weight is 327 g/mol. The number of hydrogen-bond acceptors (Lipinski definition) is 4. The van der Waals surface area contributed by atoms with Gasteiger partial charge in [0.15, 0.2) is 0 Å². The van der Waals surface area contributed by atoms with Crippen LogP contribution in [0.15, 0.2) is 30.3 Å². The van der Waals surface area contributed by atoms with Gasteiger partial charge in [0.25, 0.3) is 5.91 Å². The Balaban J connectivity index is 1.89. The van der Waals surface area contributed by atoms with Crippen LogP contribution in [0.2, 0.25) is 0 Å². The minimum atomic E-state index is -0.160. The molecule has 0 radical (unpaired) electrons. The number of carbonyl (C=O) groups is 2. The van der Waals surface area contributed by atoms with Crippen LogP contribution in [-0.4, -0.2) is 48.9 Å². The first kappa shape index (κ1) is 16.2. The smallest absolute Gasteiger partial charge is 0.272 e. The number of rotatable bonds is 3. The molecule has 1 aliphatic heterocycles. The van der Waals surface area contributed by atoms with Gasteiger partial charge in [-0.15, -0.1) is 0 Å². The summed E-state index contributed by atoms with van der Waals surface area (Å²) in [4.78, 5) is 30.8. The van der Waals surface area contributed by atoms with Gasteiger partial charge in [-0.1, -0.05) is 18.2 Å². The molecular formula is C18H21N3O3. The van der Waals surface area contributed by atoms with Crippen LogP contribution in [-0.2, 0) is 4.79 Å². The van der Waals surface area contributed by atoms with Gasteiger partial charge < -0.3 is 15.0 Å². The quantitative estimate of drug-likeness (QED) is 0.934. The zero-order valence-corrected chi connectivity index (χ0v) is 13.9. The third kappa shape index (κ3) is 3.04. The number of benzene rings is 1. The minimum absolute atomic E-state index is 0.0171. The number of nitrogens with zero attached hydrogens (tertiary/aromatic N) is 2. The van der Waals surface area contributed by atoms with Crippen molar-refractivity contribution in [1.29, 1.82) is 0 Å². The summed E-state index contributed by atoms with van der Waals surface area (Å²) in [6.07, 6.45) is 1.62. The highest BCUT2D eigenvalue weighted by molar-refractivity contribution is 5.98. The number of amides is 2. The molecule has 6 heteroatoms. The number of piperidine rings is 1. The number of methoxy groups -OCH3 is 1. The summed E-state index contributed by atoms with van der Waals surface area (Å²) >= 11 is 0. The number of aromatic nitrogens is 1. The van der Waals surface area contributed by atoms with Crippen molar-refractivity contribution in [2.75, 3.05) is 27.2 Å². The highest BCUT2D eigenvalue weighted by Gasteiger charge is 2.29. The maximum atomic E-state index is 12.8. The van der Waals surface area contributed by atoms with Crippen molar-refractivity contribution in [2.24, 2.45) is 5.92 Å². The van der Waals surface area contributed by atoms with Gasteiger partial charge in [-0.2, -0.15) is 0 Å². The summed E-state index contributed by atoms with van der Waals surface area (Å²) in [6.45, 7) is 1.07. The Morgan fingerprint density at radius 2 is 2.12 bits per heavy atom. The first-order chi connectivity index (χ1) is 11.6. The Hall–Kier alpha value is -2.63. The van der Waals surface area contributed by atoms with Gasteiger partial charge >= 0.3 is 0 Å². The fraction of sp³-hybridized carbons (Fsp3) is 0.389. The van der Waals surface area contributed by atoms with Crippen molar-refractivity contribution >= 4 is 22.6 Å². The van der Waals surface area contributed by atoms with Crippen molar-refractivity contribution in [1.82, 2.24) is 15.2 Å². The molecule has 0 bridgehead atoms. The van der Waals surface area contributed by atoms with E-state index in [9.17, 15) is 9.59 Å². The van der Waals surface area contributed by atoms with E-state index >= 15 is 0 Å². The maximum absolute atomic E-state index is 12.8. The van der Waals surface area contributed by atoms with E-state index in [4.69, 9.17) is 4.74 Å². The van der Waals surface area contributed by atoms with Crippen LogP contribution >= 0.6 is 0 Å². The first-order valence-corrected chi connectivity index (χ1v) is 8.08. The van der Waals surface area contributed by atoms with Gasteiger partial charge in [0, 0.05) is 25.5 Å². The molecule has 6 nitrogen and oxygen atoms in total. The predicted molar refractivity (Wildman–Crippen MR) is 91.0 cm³/mol. The van der Waals surface area contributed by atoms with Crippen LogP contribution in [0.25, 0.3) is 10.8 Å². The Morgan fingerprint density at radius 3 is 2.88 bits per heavy atom. The Bertz CT molecular complexity index is 775. The number of ether oxygens (including phenoxy) is 1. The van der Waals surface area contributed by atoms with Crippen molar-refractivity contribution in [3.8, 4) is 5.88 Å². The lowest BCUT2D eigenvalue weighted by Crippen LogP contribution is -2.45. The van der Waals surface area contributed by atoms with Gasteiger partial charge in [-0.25, -0.2) is 4.98 Å². The Kier molecular flexibility index (Phi) is 4.64. The number of carbonyl (C=O) groups excluding carboxylic acids is 2. The molecule has 1 atom stereocenters. The molecule has 1 fully saturated rings. The van der Waals surface area contributed by atoms with Gasteiger partial charge in [0.1, 0.15) is 5.69 Å². The van der Waals surface area contributed by atoms with Crippen molar-refractivity contribution in [2.45, 2.75) is 12.8 Å². The molecular weight excluding hydrogens is 306 g/mol. The zero-order valence-electron chi connectivity index (χ0n) is 13.9. The van der Waals surface area contributed by atoms with E-state index in [0.717, 1.165) is 23.6 Å². The van der Waals surface area contributed by atoms with Crippen molar-refractivity contribution in [3.05, 3.63) is 36.0 Å². The van der Waals surface area contributed by atoms with E-state index in [1.54, 1.807) is 25.1 Å². The Labute approximate surface area is 140 Å². The number of likely N-dealkylation sites (tertiary alicyclic amines) is 1. The summed E-state index contributed by atoms with van der Waals surface area (Å²) in [5.41, 5.74) is 0.350. The largest absolute Gasteiger partial charge is 0.481 e. The van der Waals surface area contributed by atoms with Crippen LogP contribution < -0.4 is 10.1 Å². The predicted octanol–water partition coefficient (Wildman–Crippen LogP) is 1.84. The van der Waals surface area contributed by atoms with E-state index < -0.39 is 0 Å². The molecule has 0 spiro atoms. The molecule has 2 heterocycles. The molecule has 1 aromatic heterocycles. The van der Waals surface area contributed by atoms with Crippen molar-refractivity contribution in [3.63, 3.8) is 0 Å². The highest BCUT2D eigenvalue weighted by atomic mass is 16.5. The average Bonchev–Trinajstić information content (AvgIpc) is 2.65. The van der Waals surface area contributed by atoms with Crippen molar-refractivity contribution < 1.29 is 14.3 Å². The van der Waals surface area contributed by atoms with Gasteiger partial charge in [0.05, 0.1) is 13.0 Å². The minimum Gasteiger partial charge on any atom is -0.481 e. The summed E-state index contributed by atoms with van der Waals surface area (Å²) in [5.74, 6) is 0.107. The molecule has 1 aliphatic rings. The number of nitrogens with one attached hydrogen (secondary N) is 1.